The van der Waals surface area contributed by atoms with Gasteiger partial charge >= 0.3 is 0 Å². The lowest BCUT2D eigenvalue weighted by atomic mass is 10.4. The van der Waals surface area contributed by atoms with Crippen LogP contribution >= 0.6 is 11.6 Å². The van der Waals surface area contributed by atoms with Gasteiger partial charge in [0.15, 0.2) is 0 Å². The fraction of sp³-hybridized carbons (Fsp3) is 1.00. The molecule has 6 heteroatoms. The normalized spacial score (nSPS) is 12.2. The zero-order valence-corrected chi connectivity index (χ0v) is 7.35. The first-order valence-corrected chi connectivity index (χ1v) is 3.90. The van der Waals surface area contributed by atoms with Gasteiger partial charge in [-0.05, 0) is 0 Å². The van der Waals surface area contributed by atoms with E-state index in [4.69, 9.17) is 37.1 Å². The molecule has 0 heterocycles. The van der Waals surface area contributed by atoms with Crippen LogP contribution in [0, 0.1) is 0 Å². The van der Waals surface area contributed by atoms with Crippen LogP contribution in [0.5, 0.6) is 0 Å². The van der Waals surface area contributed by atoms with E-state index in [9.17, 15) is 0 Å². The summed E-state index contributed by atoms with van der Waals surface area (Å²) < 4.78 is 0. The first-order chi connectivity index (χ1) is 5.62. The van der Waals surface area contributed by atoms with E-state index < -0.39 is 12.2 Å². The highest BCUT2D eigenvalue weighted by molar-refractivity contribution is 6.18. The van der Waals surface area contributed by atoms with Gasteiger partial charge in [0.05, 0.1) is 31.8 Å². The van der Waals surface area contributed by atoms with E-state index in [1.54, 1.807) is 0 Å². The smallest absolute Gasteiger partial charge is 0.100 e. The number of alkyl halides is 1. The molecule has 12 heavy (non-hydrogen) atoms. The van der Waals surface area contributed by atoms with Gasteiger partial charge in [-0.25, -0.2) is 0 Å². The molecule has 1 atom stereocenters. The van der Waals surface area contributed by atoms with E-state index in [1.165, 1.54) is 0 Å². The maximum absolute atomic E-state index is 8.28. The molecule has 0 aromatic rings. The largest absolute Gasteiger partial charge is 0.394 e. The lowest BCUT2D eigenvalue weighted by Gasteiger charge is -1.96. The monoisotopic (exact) mass is 202 g/mol. The molecular formula is C6H15ClO5. The number of hydrogen-bond acceptors (Lipinski definition) is 5. The Morgan fingerprint density at radius 3 is 1.17 bits per heavy atom. The molecule has 5 N–H and O–H groups in total. The highest BCUT2D eigenvalue weighted by atomic mass is 35.5. The zero-order chi connectivity index (χ0) is 9.98. The van der Waals surface area contributed by atoms with Crippen molar-refractivity contribution in [1.82, 2.24) is 0 Å². The average Bonchev–Trinajstić information content (AvgIpc) is 2.16. The highest BCUT2D eigenvalue weighted by Crippen LogP contribution is 1.81. The summed E-state index contributed by atoms with van der Waals surface area (Å²) in [6.45, 7) is -0.976. The number of aliphatic hydroxyl groups excluding tert-OH is 5. The Morgan fingerprint density at radius 2 is 1.17 bits per heavy atom. The molecule has 0 spiro atoms. The molecule has 1 unspecified atom stereocenters. The molecule has 0 rings (SSSR count). The summed E-state index contributed by atoms with van der Waals surface area (Å²) in [7, 11) is 0. The zero-order valence-electron chi connectivity index (χ0n) is 6.60. The Morgan fingerprint density at radius 1 is 0.833 bits per heavy atom. The highest BCUT2D eigenvalue weighted by Gasteiger charge is 1.94. The average molecular weight is 203 g/mol. The minimum atomic E-state index is -0.954. The fourth-order valence-electron chi connectivity index (χ4n) is 0.107. The standard InChI is InChI=1S/C3H7ClO2.C3H8O3/c2*4-1-3(6)2-5/h3,5-6H,1-2H2;3-6H,1-2H2. The molecule has 0 aromatic heterocycles. The van der Waals surface area contributed by atoms with Crippen LogP contribution in [-0.2, 0) is 0 Å². The minimum absolute atomic E-state index is 0.108. The van der Waals surface area contributed by atoms with Gasteiger partial charge in [0.2, 0.25) is 0 Å². The summed E-state index contributed by atoms with van der Waals surface area (Å²) in [4.78, 5) is 0. The Hall–Kier alpha value is 0.0900. The third kappa shape index (κ3) is 12.7. The fourth-order valence-corrected chi connectivity index (χ4v) is 0.204. The van der Waals surface area contributed by atoms with Gasteiger partial charge < -0.3 is 25.5 Å². The molecule has 0 radical (unpaired) electrons. The predicted octanol–water partition coefficient (Wildman–Crippen LogP) is -2.09. The van der Waals surface area contributed by atoms with Crippen molar-refractivity contribution in [3.05, 3.63) is 0 Å². The molecule has 0 saturated carbocycles. The molecule has 0 aliphatic carbocycles. The molecule has 0 bridgehead atoms. The topological polar surface area (TPSA) is 101 Å². The van der Waals surface area contributed by atoms with Crippen molar-refractivity contribution < 1.29 is 25.5 Å². The summed E-state index contributed by atoms with van der Waals surface area (Å²) in [6.07, 6.45) is -1.70. The van der Waals surface area contributed by atoms with E-state index in [-0.39, 0.29) is 25.7 Å². The first-order valence-electron chi connectivity index (χ1n) is 3.37. The van der Waals surface area contributed by atoms with Crippen molar-refractivity contribution in [1.29, 1.82) is 0 Å². The second kappa shape index (κ2) is 11.1. The lowest BCUT2D eigenvalue weighted by Crippen LogP contribution is -2.15. The maximum Gasteiger partial charge on any atom is 0.100 e. The molecule has 0 aliphatic heterocycles. The molecule has 0 aliphatic rings. The van der Waals surface area contributed by atoms with Crippen LogP contribution in [0.2, 0.25) is 0 Å². The molecule has 5 nitrogen and oxygen atoms in total. The van der Waals surface area contributed by atoms with Crippen LogP contribution in [0.3, 0.4) is 0 Å². The van der Waals surface area contributed by atoms with Crippen LogP contribution < -0.4 is 0 Å². The van der Waals surface area contributed by atoms with Crippen LogP contribution in [-0.4, -0.2) is 63.4 Å². The Kier molecular flexibility index (Phi) is 13.5. The summed E-state index contributed by atoms with van der Waals surface area (Å²) in [5.41, 5.74) is 0. The third-order valence-electron chi connectivity index (χ3n) is 0.810. The molecule has 0 fully saturated rings. The van der Waals surface area contributed by atoms with Gasteiger partial charge in [-0.1, -0.05) is 0 Å². The summed E-state index contributed by atoms with van der Waals surface area (Å²) in [6, 6.07) is 0. The van der Waals surface area contributed by atoms with Crippen LogP contribution in [0.4, 0.5) is 0 Å². The number of aliphatic hydroxyl groups is 5. The predicted molar refractivity (Wildman–Crippen MR) is 44.0 cm³/mol. The van der Waals surface area contributed by atoms with Gasteiger partial charge in [-0.3, -0.25) is 0 Å². The second-order valence-corrected chi connectivity index (χ2v) is 2.32. The molecule has 0 aromatic carbocycles. The van der Waals surface area contributed by atoms with Crippen LogP contribution in [0.1, 0.15) is 0 Å². The Labute approximate surface area is 75.8 Å². The van der Waals surface area contributed by atoms with Crippen molar-refractivity contribution >= 4 is 11.6 Å². The molecule has 0 saturated heterocycles. The van der Waals surface area contributed by atoms with Crippen molar-refractivity contribution in [3.63, 3.8) is 0 Å². The second-order valence-electron chi connectivity index (χ2n) is 2.01. The number of halogens is 1. The lowest BCUT2D eigenvalue weighted by molar-refractivity contribution is 0.0450. The summed E-state index contributed by atoms with van der Waals surface area (Å²) in [5.74, 6) is 0.108. The first kappa shape index (κ1) is 14.6. The van der Waals surface area contributed by atoms with Crippen molar-refractivity contribution in [2.75, 3.05) is 25.7 Å². The molecular weight excluding hydrogens is 188 g/mol. The quantitative estimate of drug-likeness (QED) is 0.337. The van der Waals surface area contributed by atoms with E-state index in [0.717, 1.165) is 0 Å². The van der Waals surface area contributed by atoms with Gasteiger partial charge in [-0.15, -0.1) is 11.6 Å². The number of hydrogen-bond donors (Lipinski definition) is 5. The molecule has 76 valence electrons. The Bertz CT molecular complexity index is 64.3. The Balaban J connectivity index is 0. The third-order valence-corrected chi connectivity index (χ3v) is 1.17. The summed E-state index contributed by atoms with van der Waals surface area (Å²) >= 11 is 5.04. The SMILES string of the molecule is OCC(O)CCl.OCC(O)CO. The van der Waals surface area contributed by atoms with Gasteiger partial charge in [0, 0.05) is 0 Å². The van der Waals surface area contributed by atoms with E-state index >= 15 is 0 Å². The van der Waals surface area contributed by atoms with Crippen LogP contribution in [0.15, 0.2) is 0 Å². The van der Waals surface area contributed by atoms with Crippen molar-refractivity contribution in [3.8, 4) is 0 Å². The van der Waals surface area contributed by atoms with Crippen molar-refractivity contribution in [2.24, 2.45) is 0 Å². The van der Waals surface area contributed by atoms with Crippen molar-refractivity contribution in [2.45, 2.75) is 12.2 Å². The van der Waals surface area contributed by atoms with Gasteiger partial charge in [-0.2, -0.15) is 0 Å². The molecule has 0 amide bonds. The van der Waals surface area contributed by atoms with E-state index in [0.29, 0.717) is 0 Å². The van der Waals surface area contributed by atoms with Gasteiger partial charge in [0.1, 0.15) is 6.10 Å². The number of rotatable bonds is 4. The van der Waals surface area contributed by atoms with Gasteiger partial charge in [0.25, 0.3) is 0 Å². The summed E-state index contributed by atoms with van der Waals surface area (Å²) in [5, 5.41) is 40.3. The van der Waals surface area contributed by atoms with E-state index in [1.807, 2.05) is 0 Å². The van der Waals surface area contributed by atoms with Crippen LogP contribution in [0.25, 0.3) is 0 Å². The maximum atomic E-state index is 8.28. The van der Waals surface area contributed by atoms with E-state index in [2.05, 4.69) is 0 Å². The minimum Gasteiger partial charge on any atom is -0.394 e.